The van der Waals surface area contributed by atoms with Crippen LogP contribution in [0.15, 0.2) is 42.5 Å². The summed E-state index contributed by atoms with van der Waals surface area (Å²) in [6, 6.07) is 13.5. The minimum Gasteiger partial charge on any atom is -0.388 e. The van der Waals surface area contributed by atoms with Gasteiger partial charge in [0.2, 0.25) is 0 Å². The molecule has 0 aliphatic carbocycles. The van der Waals surface area contributed by atoms with Crippen molar-refractivity contribution in [1.29, 1.82) is 0 Å². The number of nitrogens with one attached hydrogen (secondary N) is 2. The Morgan fingerprint density at radius 1 is 0.947 bits per heavy atom. The molecule has 0 radical (unpaired) electrons. The van der Waals surface area contributed by atoms with Gasteiger partial charge in [-0.2, -0.15) is 0 Å². The van der Waals surface area contributed by atoms with Gasteiger partial charge in [-0.05, 0) is 48.9 Å². The molecule has 19 heavy (non-hydrogen) atoms. The van der Waals surface area contributed by atoms with E-state index in [9.17, 15) is 4.39 Å². The van der Waals surface area contributed by atoms with E-state index in [2.05, 4.69) is 22.8 Å². The molecular formula is C16H19FN2. The summed E-state index contributed by atoms with van der Waals surface area (Å²) in [5.74, 6) is -0.163. The Bertz CT molecular complexity index is 549. The Hall–Kier alpha value is -1.87. The van der Waals surface area contributed by atoms with Crippen LogP contribution >= 0.6 is 0 Å². The van der Waals surface area contributed by atoms with Gasteiger partial charge >= 0.3 is 0 Å². The molecule has 1 atom stereocenters. The van der Waals surface area contributed by atoms with Crippen molar-refractivity contribution in [2.45, 2.75) is 13.0 Å². The SMILES string of the molecule is CNc1ccc(C(NC)c2ccc(F)c(C)c2)cc1. The van der Waals surface area contributed by atoms with Crippen LogP contribution in [0.1, 0.15) is 22.7 Å². The van der Waals surface area contributed by atoms with E-state index < -0.39 is 0 Å². The van der Waals surface area contributed by atoms with E-state index in [1.807, 2.05) is 38.4 Å². The zero-order valence-electron chi connectivity index (χ0n) is 11.5. The molecule has 0 spiro atoms. The van der Waals surface area contributed by atoms with Gasteiger partial charge in [0, 0.05) is 12.7 Å². The second-order valence-electron chi connectivity index (χ2n) is 4.60. The minimum atomic E-state index is -0.163. The van der Waals surface area contributed by atoms with Gasteiger partial charge < -0.3 is 10.6 Å². The molecule has 0 saturated carbocycles. The summed E-state index contributed by atoms with van der Waals surface area (Å²) in [7, 11) is 3.81. The Morgan fingerprint density at radius 2 is 1.58 bits per heavy atom. The smallest absolute Gasteiger partial charge is 0.126 e. The summed E-state index contributed by atoms with van der Waals surface area (Å²) < 4.78 is 13.3. The van der Waals surface area contributed by atoms with Crippen LogP contribution in [0.3, 0.4) is 0 Å². The van der Waals surface area contributed by atoms with E-state index in [0.29, 0.717) is 5.56 Å². The quantitative estimate of drug-likeness (QED) is 0.877. The minimum absolute atomic E-state index is 0.0743. The van der Waals surface area contributed by atoms with E-state index in [1.54, 1.807) is 6.92 Å². The molecule has 0 saturated heterocycles. The zero-order valence-corrected chi connectivity index (χ0v) is 11.5. The number of hydrogen-bond acceptors (Lipinski definition) is 2. The molecule has 0 aromatic heterocycles. The van der Waals surface area contributed by atoms with Gasteiger partial charge in [0.25, 0.3) is 0 Å². The van der Waals surface area contributed by atoms with E-state index in [4.69, 9.17) is 0 Å². The lowest BCUT2D eigenvalue weighted by atomic mass is 9.97. The molecular weight excluding hydrogens is 239 g/mol. The first kappa shape index (κ1) is 13.6. The fourth-order valence-corrected chi connectivity index (χ4v) is 2.22. The molecule has 0 aliphatic heterocycles. The second-order valence-corrected chi connectivity index (χ2v) is 4.60. The Labute approximate surface area is 113 Å². The van der Waals surface area contributed by atoms with E-state index in [0.717, 1.165) is 16.8 Å². The molecule has 100 valence electrons. The summed E-state index contributed by atoms with van der Waals surface area (Å²) in [4.78, 5) is 0. The largest absolute Gasteiger partial charge is 0.388 e. The standard InChI is InChI=1S/C16H19FN2/c1-11-10-13(6-9-15(11)17)16(19-3)12-4-7-14(18-2)8-5-12/h4-10,16,18-19H,1-3H3. The number of anilines is 1. The topological polar surface area (TPSA) is 24.1 Å². The monoisotopic (exact) mass is 258 g/mol. The number of benzene rings is 2. The predicted octanol–water partition coefficient (Wildman–Crippen LogP) is 3.48. The molecule has 2 aromatic rings. The summed E-state index contributed by atoms with van der Waals surface area (Å²) in [6.45, 7) is 1.79. The van der Waals surface area contributed by atoms with Gasteiger partial charge in [-0.25, -0.2) is 4.39 Å². The third-order valence-corrected chi connectivity index (χ3v) is 3.34. The maximum atomic E-state index is 13.3. The highest BCUT2D eigenvalue weighted by molar-refractivity contribution is 5.46. The average molecular weight is 258 g/mol. The van der Waals surface area contributed by atoms with Crippen LogP contribution in [-0.2, 0) is 0 Å². The molecule has 0 aliphatic rings. The van der Waals surface area contributed by atoms with Crippen molar-refractivity contribution in [2.75, 3.05) is 19.4 Å². The van der Waals surface area contributed by atoms with Gasteiger partial charge in [0.05, 0.1) is 6.04 Å². The molecule has 0 amide bonds. The average Bonchev–Trinajstić information content (AvgIpc) is 2.44. The molecule has 3 heteroatoms. The zero-order chi connectivity index (χ0) is 13.8. The fourth-order valence-electron chi connectivity index (χ4n) is 2.22. The highest BCUT2D eigenvalue weighted by Crippen LogP contribution is 2.24. The van der Waals surface area contributed by atoms with Crippen molar-refractivity contribution in [3.8, 4) is 0 Å². The highest BCUT2D eigenvalue weighted by Gasteiger charge is 2.12. The van der Waals surface area contributed by atoms with E-state index >= 15 is 0 Å². The van der Waals surface area contributed by atoms with E-state index in [1.165, 1.54) is 6.07 Å². The summed E-state index contributed by atoms with van der Waals surface area (Å²) >= 11 is 0. The molecule has 2 aromatic carbocycles. The first-order valence-electron chi connectivity index (χ1n) is 6.36. The first-order valence-corrected chi connectivity index (χ1v) is 6.36. The fraction of sp³-hybridized carbons (Fsp3) is 0.250. The first-order chi connectivity index (χ1) is 9.15. The van der Waals surface area contributed by atoms with E-state index in [-0.39, 0.29) is 11.9 Å². The van der Waals surface area contributed by atoms with Crippen LogP contribution in [0, 0.1) is 12.7 Å². The van der Waals surface area contributed by atoms with Crippen LogP contribution in [0.2, 0.25) is 0 Å². The number of aryl methyl sites for hydroxylation is 1. The normalized spacial score (nSPS) is 12.2. The van der Waals surface area contributed by atoms with Crippen LogP contribution in [0.5, 0.6) is 0 Å². The lowest BCUT2D eigenvalue weighted by Crippen LogP contribution is -2.17. The van der Waals surface area contributed by atoms with Gasteiger partial charge in [0.15, 0.2) is 0 Å². The Kier molecular flexibility index (Phi) is 4.17. The predicted molar refractivity (Wildman–Crippen MR) is 78.0 cm³/mol. The van der Waals surface area contributed by atoms with Gasteiger partial charge in [-0.1, -0.05) is 24.3 Å². The molecule has 0 fully saturated rings. The number of hydrogen-bond donors (Lipinski definition) is 2. The summed E-state index contributed by atoms with van der Waals surface area (Å²) in [6.07, 6.45) is 0. The van der Waals surface area contributed by atoms with Crippen molar-refractivity contribution in [3.05, 3.63) is 65.0 Å². The Balaban J connectivity index is 2.34. The number of rotatable bonds is 4. The van der Waals surface area contributed by atoms with Crippen LogP contribution in [0.4, 0.5) is 10.1 Å². The van der Waals surface area contributed by atoms with Crippen LogP contribution < -0.4 is 10.6 Å². The van der Waals surface area contributed by atoms with Crippen molar-refractivity contribution in [3.63, 3.8) is 0 Å². The third kappa shape index (κ3) is 2.93. The summed E-state index contributed by atoms with van der Waals surface area (Å²) in [5.41, 5.74) is 3.98. The molecule has 0 bridgehead atoms. The maximum absolute atomic E-state index is 13.3. The summed E-state index contributed by atoms with van der Waals surface area (Å²) in [5, 5.41) is 6.37. The van der Waals surface area contributed by atoms with Crippen molar-refractivity contribution >= 4 is 5.69 Å². The highest BCUT2D eigenvalue weighted by atomic mass is 19.1. The molecule has 2 rings (SSSR count). The van der Waals surface area contributed by atoms with Crippen molar-refractivity contribution in [1.82, 2.24) is 5.32 Å². The molecule has 0 heterocycles. The van der Waals surface area contributed by atoms with Gasteiger partial charge in [-0.3, -0.25) is 0 Å². The van der Waals surface area contributed by atoms with Crippen LogP contribution in [0.25, 0.3) is 0 Å². The van der Waals surface area contributed by atoms with Crippen molar-refractivity contribution < 1.29 is 4.39 Å². The van der Waals surface area contributed by atoms with Crippen LogP contribution in [-0.4, -0.2) is 14.1 Å². The number of halogens is 1. The lowest BCUT2D eigenvalue weighted by Gasteiger charge is -2.18. The van der Waals surface area contributed by atoms with Crippen molar-refractivity contribution in [2.24, 2.45) is 0 Å². The molecule has 1 unspecified atom stereocenters. The molecule has 2 N–H and O–H groups in total. The molecule has 2 nitrogen and oxygen atoms in total. The van der Waals surface area contributed by atoms with Gasteiger partial charge in [0.1, 0.15) is 5.82 Å². The lowest BCUT2D eigenvalue weighted by molar-refractivity contribution is 0.614. The Morgan fingerprint density at radius 3 is 2.11 bits per heavy atom. The van der Waals surface area contributed by atoms with Gasteiger partial charge in [-0.15, -0.1) is 0 Å². The maximum Gasteiger partial charge on any atom is 0.126 e. The third-order valence-electron chi connectivity index (χ3n) is 3.34. The second kappa shape index (κ2) is 5.85.